The molecule has 0 amide bonds. The first-order chi connectivity index (χ1) is 7.68. The Labute approximate surface area is 99.4 Å². The topological polar surface area (TPSA) is 20.3 Å². The molecule has 1 saturated carbocycles. The molecular formula is C14H25NO. The molecule has 2 heteroatoms. The average Bonchev–Trinajstić information content (AvgIpc) is 2.30. The van der Waals surface area contributed by atoms with Crippen LogP contribution in [-0.4, -0.2) is 29.3 Å². The fraction of sp³-hybridized carbons (Fsp3) is 0.929. The largest absolute Gasteiger partial charge is 0.300 e. The van der Waals surface area contributed by atoms with Gasteiger partial charge in [0.1, 0.15) is 5.78 Å². The average molecular weight is 223 g/mol. The molecule has 1 aliphatic carbocycles. The summed E-state index contributed by atoms with van der Waals surface area (Å²) in [5.41, 5.74) is 0. The Hall–Kier alpha value is -0.370. The van der Waals surface area contributed by atoms with E-state index >= 15 is 0 Å². The van der Waals surface area contributed by atoms with E-state index in [-0.39, 0.29) is 0 Å². The minimum atomic E-state index is 0.478. The smallest absolute Gasteiger partial charge is 0.135 e. The van der Waals surface area contributed by atoms with Gasteiger partial charge in [0, 0.05) is 31.5 Å². The maximum Gasteiger partial charge on any atom is 0.135 e. The van der Waals surface area contributed by atoms with Gasteiger partial charge in [0.15, 0.2) is 0 Å². The van der Waals surface area contributed by atoms with Crippen molar-refractivity contribution in [3.8, 4) is 0 Å². The number of ketones is 1. The summed E-state index contributed by atoms with van der Waals surface area (Å²) in [6, 6.07) is 1.29. The van der Waals surface area contributed by atoms with E-state index in [0.29, 0.717) is 17.7 Å². The third-order valence-corrected chi connectivity index (χ3v) is 4.32. The number of rotatable bonds is 2. The summed E-state index contributed by atoms with van der Waals surface area (Å²) in [7, 11) is 0. The van der Waals surface area contributed by atoms with Crippen LogP contribution in [0, 0.1) is 5.92 Å². The molecule has 2 rings (SSSR count). The van der Waals surface area contributed by atoms with Crippen LogP contribution in [0.25, 0.3) is 0 Å². The van der Waals surface area contributed by atoms with Gasteiger partial charge in [-0.1, -0.05) is 33.1 Å². The fourth-order valence-corrected chi connectivity index (χ4v) is 3.36. The van der Waals surface area contributed by atoms with Crippen LogP contribution in [0.2, 0.25) is 0 Å². The molecule has 0 aromatic rings. The van der Waals surface area contributed by atoms with Crippen LogP contribution < -0.4 is 0 Å². The zero-order chi connectivity index (χ0) is 11.5. The monoisotopic (exact) mass is 223 g/mol. The van der Waals surface area contributed by atoms with E-state index < -0.39 is 0 Å². The highest BCUT2D eigenvalue weighted by molar-refractivity contribution is 5.80. The molecule has 92 valence electrons. The molecule has 1 unspecified atom stereocenters. The standard InChI is InChI=1S/C14H25NO/c1-11(2)14-10-13(16)8-9-15(14)12-6-4-3-5-7-12/h11-12,14H,3-10H2,1-2H3. The Morgan fingerprint density at radius 2 is 1.88 bits per heavy atom. The number of likely N-dealkylation sites (tertiary alicyclic amines) is 1. The second kappa shape index (κ2) is 5.31. The Bertz CT molecular complexity index is 243. The van der Waals surface area contributed by atoms with Crippen molar-refractivity contribution in [3.05, 3.63) is 0 Å². The van der Waals surface area contributed by atoms with E-state index in [1.807, 2.05) is 0 Å². The van der Waals surface area contributed by atoms with E-state index in [1.54, 1.807) is 0 Å². The lowest BCUT2D eigenvalue weighted by atomic mass is 9.86. The zero-order valence-corrected chi connectivity index (χ0v) is 10.7. The van der Waals surface area contributed by atoms with Crippen molar-refractivity contribution in [2.24, 2.45) is 5.92 Å². The molecule has 0 radical (unpaired) electrons. The number of nitrogens with zero attached hydrogens (tertiary/aromatic N) is 1. The Morgan fingerprint density at radius 1 is 1.19 bits per heavy atom. The lowest BCUT2D eigenvalue weighted by Crippen LogP contribution is -2.51. The van der Waals surface area contributed by atoms with Crippen LogP contribution in [0.15, 0.2) is 0 Å². The van der Waals surface area contributed by atoms with Gasteiger partial charge in [0.2, 0.25) is 0 Å². The number of piperidine rings is 1. The number of Topliss-reactive ketones (excluding diaryl/α,β-unsaturated/α-hetero) is 1. The highest BCUT2D eigenvalue weighted by Crippen LogP contribution is 2.30. The number of carbonyl (C=O) groups excluding carboxylic acids is 1. The van der Waals surface area contributed by atoms with Gasteiger partial charge in [-0.05, 0) is 18.8 Å². The Balaban J connectivity index is 2.02. The van der Waals surface area contributed by atoms with E-state index in [4.69, 9.17) is 0 Å². The zero-order valence-electron chi connectivity index (χ0n) is 10.7. The third-order valence-electron chi connectivity index (χ3n) is 4.32. The second-order valence-corrected chi connectivity index (χ2v) is 5.83. The molecule has 0 aromatic carbocycles. The maximum absolute atomic E-state index is 11.6. The molecule has 0 aromatic heterocycles. The second-order valence-electron chi connectivity index (χ2n) is 5.83. The van der Waals surface area contributed by atoms with E-state index in [9.17, 15) is 4.79 Å². The normalized spacial score (nSPS) is 29.9. The number of hydrogen-bond acceptors (Lipinski definition) is 2. The number of carbonyl (C=O) groups is 1. The first-order valence-corrected chi connectivity index (χ1v) is 6.96. The molecule has 2 fully saturated rings. The van der Waals surface area contributed by atoms with Gasteiger partial charge >= 0.3 is 0 Å². The molecule has 0 N–H and O–H groups in total. The molecule has 1 heterocycles. The van der Waals surface area contributed by atoms with Crippen molar-refractivity contribution in [2.75, 3.05) is 6.54 Å². The lowest BCUT2D eigenvalue weighted by molar-refractivity contribution is -0.125. The van der Waals surface area contributed by atoms with Crippen molar-refractivity contribution in [2.45, 2.75) is 70.9 Å². The van der Waals surface area contributed by atoms with Gasteiger partial charge in [0.25, 0.3) is 0 Å². The molecule has 16 heavy (non-hydrogen) atoms. The molecule has 2 aliphatic rings. The molecule has 2 nitrogen and oxygen atoms in total. The van der Waals surface area contributed by atoms with E-state index in [1.165, 1.54) is 32.1 Å². The molecule has 0 spiro atoms. The van der Waals surface area contributed by atoms with Crippen LogP contribution in [0.4, 0.5) is 0 Å². The number of hydrogen-bond donors (Lipinski definition) is 0. The Kier molecular flexibility index (Phi) is 4.01. The summed E-state index contributed by atoms with van der Waals surface area (Å²) < 4.78 is 0. The van der Waals surface area contributed by atoms with Crippen molar-refractivity contribution in [3.63, 3.8) is 0 Å². The summed E-state index contributed by atoms with van der Waals surface area (Å²) in [5.74, 6) is 1.09. The van der Waals surface area contributed by atoms with Gasteiger partial charge in [0.05, 0.1) is 0 Å². The van der Waals surface area contributed by atoms with Crippen LogP contribution in [0.1, 0.15) is 58.8 Å². The van der Waals surface area contributed by atoms with Crippen molar-refractivity contribution >= 4 is 5.78 Å². The lowest BCUT2D eigenvalue weighted by Gasteiger charge is -2.44. The highest BCUT2D eigenvalue weighted by Gasteiger charge is 2.33. The fourth-order valence-electron chi connectivity index (χ4n) is 3.36. The first kappa shape index (κ1) is 12.1. The molecule has 1 saturated heterocycles. The molecule has 1 atom stereocenters. The van der Waals surface area contributed by atoms with Gasteiger partial charge in [-0.2, -0.15) is 0 Å². The first-order valence-electron chi connectivity index (χ1n) is 6.96. The van der Waals surface area contributed by atoms with Crippen LogP contribution in [0.5, 0.6) is 0 Å². The summed E-state index contributed by atoms with van der Waals surface area (Å²) in [6.07, 6.45) is 8.50. The minimum Gasteiger partial charge on any atom is -0.300 e. The third kappa shape index (κ3) is 2.65. The molecule has 1 aliphatic heterocycles. The molecular weight excluding hydrogens is 198 g/mol. The summed E-state index contributed by atoms with van der Waals surface area (Å²) >= 11 is 0. The summed E-state index contributed by atoms with van der Waals surface area (Å²) in [4.78, 5) is 14.2. The van der Waals surface area contributed by atoms with Crippen molar-refractivity contribution in [1.82, 2.24) is 4.90 Å². The van der Waals surface area contributed by atoms with Gasteiger partial charge in [-0.15, -0.1) is 0 Å². The summed E-state index contributed by atoms with van der Waals surface area (Å²) in [6.45, 7) is 5.55. The maximum atomic E-state index is 11.6. The Morgan fingerprint density at radius 3 is 2.50 bits per heavy atom. The highest BCUT2D eigenvalue weighted by atomic mass is 16.1. The van der Waals surface area contributed by atoms with E-state index in [0.717, 1.165) is 25.4 Å². The van der Waals surface area contributed by atoms with Crippen LogP contribution >= 0.6 is 0 Å². The SMILES string of the molecule is CC(C)C1CC(=O)CCN1C1CCCCC1. The minimum absolute atomic E-state index is 0.478. The summed E-state index contributed by atoms with van der Waals surface area (Å²) in [5, 5.41) is 0. The van der Waals surface area contributed by atoms with Crippen molar-refractivity contribution in [1.29, 1.82) is 0 Å². The predicted octanol–water partition coefficient (Wildman–Crippen LogP) is 3.01. The van der Waals surface area contributed by atoms with Crippen LogP contribution in [0.3, 0.4) is 0 Å². The van der Waals surface area contributed by atoms with Crippen molar-refractivity contribution < 1.29 is 4.79 Å². The van der Waals surface area contributed by atoms with Gasteiger partial charge < -0.3 is 0 Å². The van der Waals surface area contributed by atoms with Crippen LogP contribution in [-0.2, 0) is 4.79 Å². The van der Waals surface area contributed by atoms with Gasteiger partial charge in [-0.3, -0.25) is 9.69 Å². The quantitative estimate of drug-likeness (QED) is 0.717. The predicted molar refractivity (Wildman–Crippen MR) is 66.4 cm³/mol. The molecule has 0 bridgehead atoms. The van der Waals surface area contributed by atoms with Gasteiger partial charge in [-0.25, -0.2) is 0 Å². The van der Waals surface area contributed by atoms with E-state index in [2.05, 4.69) is 18.7 Å².